The van der Waals surface area contributed by atoms with Gasteiger partial charge in [0, 0.05) is 11.8 Å². The van der Waals surface area contributed by atoms with Crippen molar-refractivity contribution in [1.82, 2.24) is 0 Å². The molecule has 1 aliphatic heterocycles. The quantitative estimate of drug-likeness (QED) is 0.755. The molecular formula is C12H9NO2. The van der Waals surface area contributed by atoms with Crippen LogP contribution >= 0.6 is 0 Å². The van der Waals surface area contributed by atoms with Gasteiger partial charge in [0.2, 0.25) is 0 Å². The number of fused-ring (bicyclic) bond motifs is 1. The van der Waals surface area contributed by atoms with E-state index >= 15 is 0 Å². The number of allylic oxidation sites excluding steroid dienone is 3. The van der Waals surface area contributed by atoms with E-state index in [9.17, 15) is 4.79 Å². The minimum absolute atomic E-state index is 0.254. The van der Waals surface area contributed by atoms with Crippen LogP contribution in [0.5, 0.6) is 0 Å². The third kappa shape index (κ3) is 2.02. The standard InChI is InChI=1S/C12H9NO2/c14-12(15)10-6-5-9-4-2-1-3-7-13-11(9)8-10/h1-8H,(H,14,15). The molecular weight excluding hydrogens is 190 g/mol. The number of carboxylic acids is 1. The first kappa shape index (κ1) is 9.40. The maximum absolute atomic E-state index is 10.8. The number of aromatic carboxylic acids is 1. The number of nitrogens with zero attached hydrogens (tertiary/aromatic N) is 1. The zero-order valence-corrected chi connectivity index (χ0v) is 7.92. The zero-order valence-electron chi connectivity index (χ0n) is 7.92. The molecule has 0 fully saturated rings. The first-order valence-corrected chi connectivity index (χ1v) is 4.52. The van der Waals surface area contributed by atoms with Gasteiger partial charge in [-0.25, -0.2) is 4.79 Å². The van der Waals surface area contributed by atoms with Crippen molar-refractivity contribution in [2.45, 2.75) is 0 Å². The Bertz CT molecular complexity index is 484. The zero-order chi connectivity index (χ0) is 10.7. The van der Waals surface area contributed by atoms with Crippen molar-refractivity contribution in [3.8, 4) is 0 Å². The number of carboxylic acid groups (broad SMARTS) is 1. The predicted octanol–water partition coefficient (Wildman–Crippen LogP) is 2.67. The second-order valence-corrected chi connectivity index (χ2v) is 3.10. The van der Waals surface area contributed by atoms with Crippen molar-refractivity contribution in [3.05, 3.63) is 47.6 Å². The fraction of sp³-hybridized carbons (Fsp3) is 0. The van der Waals surface area contributed by atoms with Crippen LogP contribution in [-0.4, -0.2) is 17.3 Å². The lowest BCUT2D eigenvalue weighted by molar-refractivity contribution is 0.0697. The van der Waals surface area contributed by atoms with Crippen LogP contribution in [0.25, 0.3) is 6.08 Å². The van der Waals surface area contributed by atoms with Crippen molar-refractivity contribution in [2.75, 3.05) is 0 Å². The molecule has 1 aliphatic rings. The molecule has 0 saturated carbocycles. The van der Waals surface area contributed by atoms with Crippen LogP contribution in [-0.2, 0) is 0 Å². The minimum Gasteiger partial charge on any atom is -0.478 e. The highest BCUT2D eigenvalue weighted by Gasteiger charge is 2.05. The molecule has 0 amide bonds. The molecule has 1 N–H and O–H groups in total. The number of hydrogen-bond acceptors (Lipinski definition) is 2. The molecule has 1 heterocycles. The van der Waals surface area contributed by atoms with E-state index in [1.54, 1.807) is 30.5 Å². The van der Waals surface area contributed by atoms with Gasteiger partial charge in [-0.15, -0.1) is 0 Å². The van der Waals surface area contributed by atoms with Crippen molar-refractivity contribution < 1.29 is 9.90 Å². The topological polar surface area (TPSA) is 49.7 Å². The van der Waals surface area contributed by atoms with Gasteiger partial charge in [0.05, 0.1) is 11.3 Å². The van der Waals surface area contributed by atoms with Crippen LogP contribution in [0.4, 0.5) is 5.69 Å². The average Bonchev–Trinajstić information content (AvgIpc) is 2.18. The maximum atomic E-state index is 10.8. The molecule has 0 atom stereocenters. The minimum atomic E-state index is -0.936. The van der Waals surface area contributed by atoms with Gasteiger partial charge in [-0.1, -0.05) is 24.3 Å². The highest BCUT2D eigenvalue weighted by Crippen LogP contribution is 2.23. The van der Waals surface area contributed by atoms with Crippen molar-refractivity contribution in [1.29, 1.82) is 0 Å². The van der Waals surface area contributed by atoms with Gasteiger partial charge in [0.1, 0.15) is 0 Å². The summed E-state index contributed by atoms with van der Waals surface area (Å²) in [6.07, 6.45) is 9.11. The lowest BCUT2D eigenvalue weighted by atomic mass is 10.1. The molecule has 1 aromatic rings. The Morgan fingerprint density at radius 1 is 1.20 bits per heavy atom. The summed E-state index contributed by atoms with van der Waals surface area (Å²) in [5.74, 6) is -0.936. The van der Waals surface area contributed by atoms with Crippen LogP contribution in [0.15, 0.2) is 41.4 Å². The first-order chi connectivity index (χ1) is 7.27. The third-order valence-electron chi connectivity index (χ3n) is 2.08. The Balaban J connectivity index is 2.53. The second kappa shape index (κ2) is 3.92. The Labute approximate surface area is 87.1 Å². The highest BCUT2D eigenvalue weighted by molar-refractivity contribution is 5.90. The molecule has 3 nitrogen and oxygen atoms in total. The smallest absolute Gasteiger partial charge is 0.335 e. The van der Waals surface area contributed by atoms with Crippen LogP contribution in [0.3, 0.4) is 0 Å². The van der Waals surface area contributed by atoms with E-state index in [1.807, 2.05) is 18.2 Å². The molecule has 0 aromatic heterocycles. The lowest BCUT2D eigenvalue weighted by Gasteiger charge is -2.03. The fourth-order valence-electron chi connectivity index (χ4n) is 1.33. The molecule has 0 radical (unpaired) electrons. The molecule has 0 saturated heterocycles. The summed E-state index contributed by atoms with van der Waals surface area (Å²) in [4.78, 5) is 14.9. The van der Waals surface area contributed by atoms with Gasteiger partial charge in [-0.2, -0.15) is 0 Å². The number of aliphatic imine (C=N–C) groups is 1. The molecule has 74 valence electrons. The number of hydrogen-bond donors (Lipinski definition) is 1. The molecule has 1 aromatic carbocycles. The van der Waals surface area contributed by atoms with Gasteiger partial charge >= 0.3 is 5.97 Å². The van der Waals surface area contributed by atoms with Crippen LogP contribution < -0.4 is 0 Å². The van der Waals surface area contributed by atoms with Gasteiger partial charge in [0.25, 0.3) is 0 Å². The van der Waals surface area contributed by atoms with Crippen molar-refractivity contribution >= 4 is 23.9 Å². The van der Waals surface area contributed by atoms with Gasteiger partial charge in [-0.05, 0) is 18.2 Å². The number of carbonyl (C=O) groups is 1. The molecule has 0 bridgehead atoms. The molecule has 0 unspecified atom stereocenters. The molecule has 3 heteroatoms. The third-order valence-corrected chi connectivity index (χ3v) is 2.08. The van der Waals surface area contributed by atoms with E-state index in [-0.39, 0.29) is 5.56 Å². The van der Waals surface area contributed by atoms with Crippen molar-refractivity contribution in [2.24, 2.45) is 4.99 Å². The Morgan fingerprint density at radius 3 is 2.87 bits per heavy atom. The van der Waals surface area contributed by atoms with Gasteiger partial charge in [-0.3, -0.25) is 4.99 Å². The maximum Gasteiger partial charge on any atom is 0.335 e. The monoisotopic (exact) mass is 199 g/mol. The van der Waals surface area contributed by atoms with Crippen LogP contribution in [0, 0.1) is 0 Å². The number of benzene rings is 1. The van der Waals surface area contributed by atoms with E-state index in [0.29, 0.717) is 5.69 Å². The van der Waals surface area contributed by atoms with Crippen molar-refractivity contribution in [3.63, 3.8) is 0 Å². The van der Waals surface area contributed by atoms with E-state index < -0.39 is 5.97 Å². The van der Waals surface area contributed by atoms with Gasteiger partial charge < -0.3 is 5.11 Å². The highest BCUT2D eigenvalue weighted by atomic mass is 16.4. The van der Waals surface area contributed by atoms with Gasteiger partial charge in [0.15, 0.2) is 0 Å². The molecule has 0 spiro atoms. The summed E-state index contributed by atoms with van der Waals surface area (Å²) in [5.41, 5.74) is 1.85. The summed E-state index contributed by atoms with van der Waals surface area (Å²) in [5, 5.41) is 8.83. The summed E-state index contributed by atoms with van der Waals surface area (Å²) in [6, 6.07) is 4.90. The van der Waals surface area contributed by atoms with E-state index in [0.717, 1.165) is 5.56 Å². The Kier molecular flexibility index (Phi) is 2.46. The predicted molar refractivity (Wildman–Crippen MR) is 59.7 cm³/mol. The van der Waals surface area contributed by atoms with Crippen LogP contribution in [0.1, 0.15) is 15.9 Å². The number of rotatable bonds is 1. The fourth-order valence-corrected chi connectivity index (χ4v) is 1.33. The summed E-state index contributed by atoms with van der Waals surface area (Å²) in [7, 11) is 0. The second-order valence-electron chi connectivity index (χ2n) is 3.10. The summed E-state index contributed by atoms with van der Waals surface area (Å²) < 4.78 is 0. The van der Waals surface area contributed by atoms with E-state index in [2.05, 4.69) is 4.99 Å². The summed E-state index contributed by atoms with van der Waals surface area (Å²) >= 11 is 0. The lowest BCUT2D eigenvalue weighted by Crippen LogP contribution is -1.95. The molecule has 15 heavy (non-hydrogen) atoms. The largest absolute Gasteiger partial charge is 0.478 e. The first-order valence-electron chi connectivity index (χ1n) is 4.52. The van der Waals surface area contributed by atoms with Crippen LogP contribution in [0.2, 0.25) is 0 Å². The Hall–Kier alpha value is -2.16. The SMILES string of the molecule is O=C(O)c1ccc2c(c1)N=CC=CC=C2. The molecule has 2 rings (SSSR count). The Morgan fingerprint density at radius 2 is 2.07 bits per heavy atom. The summed E-state index contributed by atoms with van der Waals surface area (Å²) in [6.45, 7) is 0. The molecule has 0 aliphatic carbocycles. The van der Waals surface area contributed by atoms with E-state index in [1.165, 1.54) is 0 Å². The van der Waals surface area contributed by atoms with E-state index in [4.69, 9.17) is 5.11 Å². The average molecular weight is 199 g/mol. The normalized spacial score (nSPS) is 13.1.